The van der Waals surface area contributed by atoms with Crippen LogP contribution in [0.15, 0.2) is 66.7 Å². The SMILES string of the molecule is COc1ccc(-c2cccc3c2=c2c(-c4c(C)cc(C)cc4C)cccc2=3)c(C)c1. The number of fused-ring (bicyclic) bond motifs is 2. The maximum Gasteiger partial charge on any atom is 0.119 e. The molecule has 0 radical (unpaired) electrons. The summed E-state index contributed by atoms with van der Waals surface area (Å²) in [4.78, 5) is 0. The van der Waals surface area contributed by atoms with Crippen LogP contribution < -0.4 is 4.74 Å². The van der Waals surface area contributed by atoms with Gasteiger partial charge < -0.3 is 4.74 Å². The summed E-state index contributed by atoms with van der Waals surface area (Å²) in [7, 11) is 1.72. The first-order valence-corrected chi connectivity index (χ1v) is 10.5. The quantitative estimate of drug-likeness (QED) is 0.318. The molecule has 0 heterocycles. The van der Waals surface area contributed by atoms with E-state index in [0.29, 0.717) is 0 Å². The lowest BCUT2D eigenvalue weighted by atomic mass is 9.86. The van der Waals surface area contributed by atoms with Crippen molar-refractivity contribution in [1.29, 1.82) is 0 Å². The summed E-state index contributed by atoms with van der Waals surface area (Å²) in [6, 6.07) is 24.4. The second-order valence-corrected chi connectivity index (χ2v) is 8.41. The number of rotatable bonds is 3. The summed E-state index contributed by atoms with van der Waals surface area (Å²) in [5, 5.41) is 5.46. The van der Waals surface area contributed by atoms with Gasteiger partial charge in [-0.15, -0.1) is 0 Å². The van der Waals surface area contributed by atoms with Gasteiger partial charge in [0.05, 0.1) is 7.11 Å². The highest BCUT2D eigenvalue weighted by Crippen LogP contribution is 2.36. The zero-order chi connectivity index (χ0) is 21.0. The second kappa shape index (κ2) is 6.88. The fourth-order valence-electron chi connectivity index (χ4n) is 5.13. The van der Waals surface area contributed by atoms with Crippen molar-refractivity contribution in [1.82, 2.24) is 0 Å². The molecule has 30 heavy (non-hydrogen) atoms. The molecule has 0 N–H and O–H groups in total. The predicted octanol–water partition coefficient (Wildman–Crippen LogP) is 7.15. The van der Waals surface area contributed by atoms with E-state index < -0.39 is 0 Å². The number of aryl methyl sites for hydroxylation is 4. The van der Waals surface area contributed by atoms with E-state index >= 15 is 0 Å². The minimum atomic E-state index is 0.901. The predicted molar refractivity (Wildman–Crippen MR) is 125 cm³/mol. The highest BCUT2D eigenvalue weighted by atomic mass is 16.5. The average molecular weight is 391 g/mol. The Labute approximate surface area is 177 Å². The molecule has 5 rings (SSSR count). The molecule has 148 valence electrons. The lowest BCUT2D eigenvalue weighted by Crippen LogP contribution is -2.00. The van der Waals surface area contributed by atoms with E-state index in [-0.39, 0.29) is 0 Å². The molecule has 4 aromatic carbocycles. The van der Waals surface area contributed by atoms with Crippen molar-refractivity contribution in [2.24, 2.45) is 0 Å². The Morgan fingerprint density at radius 3 is 1.77 bits per heavy atom. The standard InChI is InChI=1S/C29H26O/c1-17-14-19(3)27(20(4)15-17)26-11-7-10-25-24-9-6-8-23(28(24)29(25)26)22-13-12-21(30-5)16-18(22)2/h6-16H,1-5H3. The first kappa shape index (κ1) is 18.7. The van der Waals surface area contributed by atoms with Gasteiger partial charge >= 0.3 is 0 Å². The van der Waals surface area contributed by atoms with Crippen molar-refractivity contribution in [3.05, 3.63) is 110 Å². The van der Waals surface area contributed by atoms with E-state index in [2.05, 4.69) is 94.4 Å². The topological polar surface area (TPSA) is 9.23 Å². The van der Waals surface area contributed by atoms with E-state index in [1.54, 1.807) is 7.11 Å². The van der Waals surface area contributed by atoms with Crippen LogP contribution in [-0.4, -0.2) is 7.11 Å². The van der Waals surface area contributed by atoms with Gasteiger partial charge in [0, 0.05) is 0 Å². The molecule has 1 heteroatoms. The molecular weight excluding hydrogens is 364 g/mol. The molecular formula is C29H26O. The number of hydrogen-bond acceptors (Lipinski definition) is 1. The van der Waals surface area contributed by atoms with Crippen LogP contribution in [0.3, 0.4) is 0 Å². The fraction of sp³-hybridized carbons (Fsp3) is 0.172. The summed E-state index contributed by atoms with van der Waals surface area (Å²) in [5.41, 5.74) is 10.5. The minimum absolute atomic E-state index is 0.901. The van der Waals surface area contributed by atoms with Crippen LogP contribution in [0.25, 0.3) is 22.3 Å². The van der Waals surface area contributed by atoms with Gasteiger partial charge in [-0.1, -0.05) is 60.2 Å². The third-order valence-electron chi connectivity index (χ3n) is 6.34. The van der Waals surface area contributed by atoms with Crippen LogP contribution in [0, 0.1) is 48.6 Å². The van der Waals surface area contributed by atoms with Crippen LogP contribution in [-0.2, 0) is 0 Å². The summed E-state index contributed by atoms with van der Waals surface area (Å²) in [5.74, 6) is 0.901. The normalized spacial score (nSPS) is 11.5. The van der Waals surface area contributed by atoms with E-state index in [1.165, 1.54) is 65.4 Å². The molecule has 0 saturated heterocycles. The fourth-order valence-corrected chi connectivity index (χ4v) is 5.13. The zero-order valence-corrected chi connectivity index (χ0v) is 18.3. The molecule has 0 fully saturated rings. The summed E-state index contributed by atoms with van der Waals surface area (Å²) in [6.45, 7) is 8.80. The summed E-state index contributed by atoms with van der Waals surface area (Å²) < 4.78 is 5.42. The molecule has 0 aliphatic heterocycles. The Kier molecular flexibility index (Phi) is 4.29. The average Bonchev–Trinajstić information content (AvgIpc) is 2.70. The van der Waals surface area contributed by atoms with Crippen LogP contribution in [0.1, 0.15) is 22.3 Å². The lowest BCUT2D eigenvalue weighted by Gasteiger charge is -2.18. The van der Waals surface area contributed by atoms with Gasteiger partial charge in [0.25, 0.3) is 0 Å². The van der Waals surface area contributed by atoms with Crippen LogP contribution in [0.4, 0.5) is 0 Å². The van der Waals surface area contributed by atoms with Gasteiger partial charge in [0.15, 0.2) is 0 Å². The Hall–Kier alpha value is -3.32. The van der Waals surface area contributed by atoms with E-state index in [1.807, 2.05) is 0 Å². The molecule has 0 saturated carbocycles. The monoisotopic (exact) mass is 390 g/mol. The molecule has 0 unspecified atom stereocenters. The van der Waals surface area contributed by atoms with Crippen LogP contribution in [0.2, 0.25) is 0 Å². The second-order valence-electron chi connectivity index (χ2n) is 8.41. The number of methoxy groups -OCH3 is 1. The van der Waals surface area contributed by atoms with Crippen molar-refractivity contribution in [2.75, 3.05) is 7.11 Å². The Bertz CT molecular complexity index is 1490. The molecule has 0 atom stereocenters. The van der Waals surface area contributed by atoms with E-state index in [0.717, 1.165) is 5.75 Å². The highest BCUT2D eigenvalue weighted by molar-refractivity contribution is 5.76. The van der Waals surface area contributed by atoms with Crippen molar-refractivity contribution in [3.63, 3.8) is 0 Å². The van der Waals surface area contributed by atoms with Gasteiger partial charge in [-0.3, -0.25) is 0 Å². The molecule has 0 amide bonds. The number of benzene rings is 4. The summed E-state index contributed by atoms with van der Waals surface area (Å²) >= 11 is 0. The minimum Gasteiger partial charge on any atom is -0.497 e. The smallest absolute Gasteiger partial charge is 0.119 e. The number of ether oxygens (including phenoxy) is 1. The van der Waals surface area contributed by atoms with E-state index in [9.17, 15) is 0 Å². The third kappa shape index (κ3) is 2.69. The first-order valence-electron chi connectivity index (χ1n) is 10.5. The largest absolute Gasteiger partial charge is 0.497 e. The highest BCUT2D eigenvalue weighted by Gasteiger charge is 2.16. The van der Waals surface area contributed by atoms with Gasteiger partial charge in [0.1, 0.15) is 5.75 Å². The molecule has 1 nitrogen and oxygen atoms in total. The van der Waals surface area contributed by atoms with Crippen molar-refractivity contribution < 1.29 is 4.74 Å². The van der Waals surface area contributed by atoms with Crippen molar-refractivity contribution >= 4 is 0 Å². The summed E-state index contributed by atoms with van der Waals surface area (Å²) in [6.07, 6.45) is 0. The van der Waals surface area contributed by atoms with Crippen LogP contribution in [0.5, 0.6) is 5.75 Å². The van der Waals surface area contributed by atoms with Gasteiger partial charge in [0.2, 0.25) is 0 Å². The number of hydrogen-bond donors (Lipinski definition) is 0. The lowest BCUT2D eigenvalue weighted by molar-refractivity contribution is 0.414. The molecule has 0 bridgehead atoms. The Morgan fingerprint density at radius 1 is 0.567 bits per heavy atom. The van der Waals surface area contributed by atoms with Gasteiger partial charge in [-0.05, 0) is 99.6 Å². The molecule has 1 aliphatic carbocycles. The van der Waals surface area contributed by atoms with Gasteiger partial charge in [-0.2, -0.15) is 0 Å². The zero-order valence-electron chi connectivity index (χ0n) is 18.3. The Morgan fingerprint density at radius 2 is 1.17 bits per heavy atom. The van der Waals surface area contributed by atoms with Crippen molar-refractivity contribution in [2.45, 2.75) is 27.7 Å². The van der Waals surface area contributed by atoms with Gasteiger partial charge in [-0.25, -0.2) is 0 Å². The van der Waals surface area contributed by atoms with Crippen LogP contribution >= 0.6 is 0 Å². The maximum atomic E-state index is 5.42. The van der Waals surface area contributed by atoms with Crippen molar-refractivity contribution in [3.8, 4) is 28.0 Å². The molecule has 0 aromatic heterocycles. The maximum absolute atomic E-state index is 5.42. The first-order chi connectivity index (χ1) is 14.5. The Balaban J connectivity index is 1.88. The molecule has 4 aromatic rings. The molecule has 1 aliphatic rings. The molecule has 0 spiro atoms. The van der Waals surface area contributed by atoms with E-state index in [4.69, 9.17) is 4.74 Å². The third-order valence-corrected chi connectivity index (χ3v) is 6.34.